The van der Waals surface area contributed by atoms with Crippen LogP contribution in [0, 0.1) is 0 Å². The molecule has 0 radical (unpaired) electrons. The molecule has 1 N–H and O–H groups in total. The van der Waals surface area contributed by atoms with Gasteiger partial charge >= 0.3 is 6.09 Å². The summed E-state index contributed by atoms with van der Waals surface area (Å²) in [6.07, 6.45) is 0.237. The van der Waals surface area contributed by atoms with Crippen molar-refractivity contribution >= 4 is 17.7 Å². The molecule has 5 nitrogen and oxygen atoms in total. The summed E-state index contributed by atoms with van der Waals surface area (Å²) >= 11 is 6.08. The van der Waals surface area contributed by atoms with Crippen LogP contribution in [-0.4, -0.2) is 23.2 Å². The maximum absolute atomic E-state index is 12.0. The molecule has 2 aromatic rings. The molecule has 0 bridgehead atoms. The maximum Gasteiger partial charge on any atom is 0.407 e. The summed E-state index contributed by atoms with van der Waals surface area (Å²) < 4.78 is 11.3. The van der Waals surface area contributed by atoms with E-state index in [2.05, 4.69) is 10.3 Å². The van der Waals surface area contributed by atoms with E-state index in [1.54, 1.807) is 6.07 Å². The van der Waals surface area contributed by atoms with Gasteiger partial charge in [0.05, 0.1) is 5.69 Å². The van der Waals surface area contributed by atoms with Crippen molar-refractivity contribution in [3.63, 3.8) is 0 Å². The number of aromatic nitrogens is 1. The molecule has 2 heterocycles. The normalized spacial score (nSPS) is 16.1. The van der Waals surface area contributed by atoms with Crippen LogP contribution in [0.5, 0.6) is 11.5 Å². The Morgan fingerprint density at radius 2 is 2.04 bits per heavy atom. The van der Waals surface area contributed by atoms with E-state index in [-0.39, 0.29) is 5.92 Å². The third kappa shape index (κ3) is 4.42. The molecule has 0 aliphatic carbocycles. The number of nitrogens with one attached hydrogen (secondary N) is 1. The lowest BCUT2D eigenvalue weighted by Gasteiger charge is -2.21. The monoisotopic (exact) mass is 360 g/mol. The summed E-state index contributed by atoms with van der Waals surface area (Å²) in [6, 6.07) is 11.4. The van der Waals surface area contributed by atoms with Crippen LogP contribution in [-0.2, 0) is 11.2 Å². The van der Waals surface area contributed by atoms with Crippen molar-refractivity contribution in [3.05, 3.63) is 52.8 Å². The fourth-order valence-electron chi connectivity index (χ4n) is 2.76. The van der Waals surface area contributed by atoms with Crippen molar-refractivity contribution in [1.29, 1.82) is 0 Å². The molecule has 1 aromatic carbocycles. The lowest BCUT2D eigenvalue weighted by molar-refractivity contribution is 0.0524. The lowest BCUT2D eigenvalue weighted by Crippen LogP contribution is -2.35. The quantitative estimate of drug-likeness (QED) is 0.789. The predicted molar refractivity (Wildman–Crippen MR) is 96.4 cm³/mol. The second kappa shape index (κ2) is 6.92. The molecule has 0 spiro atoms. The molecule has 1 aliphatic heterocycles. The Kier molecular flexibility index (Phi) is 4.86. The zero-order valence-corrected chi connectivity index (χ0v) is 15.3. The van der Waals surface area contributed by atoms with E-state index < -0.39 is 11.7 Å². The highest BCUT2D eigenvalue weighted by atomic mass is 35.5. The SMILES string of the molecule is CC(C)(C)OC(=O)NCC1Cc2ccccc2Oc2ccc(Cl)nc21. The number of pyridine rings is 1. The van der Waals surface area contributed by atoms with Crippen LogP contribution in [0.4, 0.5) is 4.79 Å². The minimum atomic E-state index is -0.539. The van der Waals surface area contributed by atoms with E-state index in [9.17, 15) is 4.79 Å². The topological polar surface area (TPSA) is 60.5 Å². The molecule has 1 unspecified atom stereocenters. The fourth-order valence-corrected chi connectivity index (χ4v) is 2.91. The summed E-state index contributed by atoms with van der Waals surface area (Å²) in [5.74, 6) is 1.39. The highest BCUT2D eigenvalue weighted by Gasteiger charge is 2.26. The summed E-state index contributed by atoms with van der Waals surface area (Å²) in [5.41, 5.74) is 1.26. The third-order valence-electron chi connectivity index (χ3n) is 3.79. The molecule has 1 atom stereocenters. The Labute approximate surface area is 152 Å². The number of carbonyl (C=O) groups is 1. The number of fused-ring (bicyclic) bond motifs is 2. The Balaban J connectivity index is 1.84. The van der Waals surface area contributed by atoms with Crippen LogP contribution in [0.25, 0.3) is 0 Å². The first kappa shape index (κ1) is 17.5. The third-order valence-corrected chi connectivity index (χ3v) is 4.00. The highest BCUT2D eigenvalue weighted by Crippen LogP contribution is 2.38. The van der Waals surface area contributed by atoms with Gasteiger partial charge in [-0.2, -0.15) is 0 Å². The Bertz CT molecular complexity index is 786. The van der Waals surface area contributed by atoms with E-state index in [4.69, 9.17) is 21.1 Å². The van der Waals surface area contributed by atoms with E-state index >= 15 is 0 Å². The van der Waals surface area contributed by atoms with Gasteiger partial charge < -0.3 is 14.8 Å². The predicted octanol–water partition coefficient (Wildman–Crippen LogP) is 4.69. The minimum Gasteiger partial charge on any atom is -0.455 e. The number of halogens is 1. The fraction of sp³-hybridized carbons (Fsp3) is 0.368. The number of hydrogen-bond donors (Lipinski definition) is 1. The van der Waals surface area contributed by atoms with Crippen molar-refractivity contribution in [3.8, 4) is 11.5 Å². The van der Waals surface area contributed by atoms with Crippen molar-refractivity contribution in [2.75, 3.05) is 6.54 Å². The maximum atomic E-state index is 12.0. The molecule has 0 saturated heterocycles. The molecule has 1 aliphatic rings. The van der Waals surface area contributed by atoms with Gasteiger partial charge in [-0.05, 0) is 51.0 Å². The molecule has 1 amide bonds. The summed E-state index contributed by atoms with van der Waals surface area (Å²) in [4.78, 5) is 16.4. The highest BCUT2D eigenvalue weighted by molar-refractivity contribution is 6.29. The van der Waals surface area contributed by atoms with Gasteiger partial charge in [0.1, 0.15) is 22.3 Å². The largest absolute Gasteiger partial charge is 0.455 e. The first-order valence-corrected chi connectivity index (χ1v) is 8.59. The van der Waals surface area contributed by atoms with Gasteiger partial charge in [-0.1, -0.05) is 29.8 Å². The Morgan fingerprint density at radius 3 is 2.80 bits per heavy atom. The van der Waals surface area contributed by atoms with Crippen LogP contribution in [0.2, 0.25) is 5.15 Å². The van der Waals surface area contributed by atoms with Gasteiger partial charge in [0.25, 0.3) is 0 Å². The summed E-state index contributed by atoms with van der Waals surface area (Å²) in [7, 11) is 0. The van der Waals surface area contributed by atoms with Crippen molar-refractivity contribution in [2.24, 2.45) is 0 Å². The van der Waals surface area contributed by atoms with Crippen LogP contribution in [0.1, 0.15) is 37.9 Å². The number of carbonyl (C=O) groups excluding carboxylic acids is 1. The van der Waals surface area contributed by atoms with Crippen LogP contribution < -0.4 is 10.1 Å². The number of rotatable bonds is 2. The number of hydrogen-bond acceptors (Lipinski definition) is 4. The second-order valence-corrected chi connectivity index (χ2v) is 7.40. The van der Waals surface area contributed by atoms with Gasteiger partial charge in [0, 0.05) is 12.5 Å². The lowest BCUT2D eigenvalue weighted by atomic mass is 9.95. The van der Waals surface area contributed by atoms with Gasteiger partial charge in [-0.25, -0.2) is 9.78 Å². The molecule has 0 saturated carbocycles. The van der Waals surface area contributed by atoms with Gasteiger partial charge in [0.2, 0.25) is 0 Å². The second-order valence-electron chi connectivity index (χ2n) is 7.01. The van der Waals surface area contributed by atoms with Crippen LogP contribution in [0.15, 0.2) is 36.4 Å². The van der Waals surface area contributed by atoms with Crippen molar-refractivity contribution in [2.45, 2.75) is 38.7 Å². The molecule has 132 valence electrons. The van der Waals surface area contributed by atoms with E-state index in [1.807, 2.05) is 51.1 Å². The number of benzene rings is 1. The average molecular weight is 361 g/mol. The first-order valence-electron chi connectivity index (χ1n) is 8.21. The Hall–Kier alpha value is -2.27. The Morgan fingerprint density at radius 1 is 1.28 bits per heavy atom. The molecular weight excluding hydrogens is 340 g/mol. The summed E-state index contributed by atoms with van der Waals surface area (Å²) in [6.45, 7) is 5.88. The molecule has 3 rings (SSSR count). The number of ether oxygens (including phenoxy) is 2. The summed E-state index contributed by atoms with van der Waals surface area (Å²) in [5, 5.41) is 3.23. The van der Waals surface area contributed by atoms with Gasteiger partial charge in [0.15, 0.2) is 0 Å². The van der Waals surface area contributed by atoms with Crippen LogP contribution in [0.3, 0.4) is 0 Å². The number of amides is 1. The zero-order chi connectivity index (χ0) is 18.0. The molecule has 1 aromatic heterocycles. The molecule has 25 heavy (non-hydrogen) atoms. The smallest absolute Gasteiger partial charge is 0.407 e. The zero-order valence-electron chi connectivity index (χ0n) is 14.5. The van der Waals surface area contributed by atoms with Crippen molar-refractivity contribution in [1.82, 2.24) is 10.3 Å². The molecule has 6 heteroatoms. The first-order chi connectivity index (χ1) is 11.8. The van der Waals surface area contributed by atoms with Gasteiger partial charge in [-0.3, -0.25) is 0 Å². The minimum absolute atomic E-state index is 0.0649. The number of nitrogens with zero attached hydrogens (tertiary/aromatic N) is 1. The number of para-hydroxylation sites is 1. The van der Waals surface area contributed by atoms with E-state index in [0.717, 1.165) is 17.0 Å². The van der Waals surface area contributed by atoms with Crippen LogP contribution >= 0.6 is 11.6 Å². The van der Waals surface area contributed by atoms with Gasteiger partial charge in [-0.15, -0.1) is 0 Å². The van der Waals surface area contributed by atoms with E-state index in [0.29, 0.717) is 23.9 Å². The number of alkyl carbamates (subject to hydrolysis) is 1. The molecule has 0 fully saturated rings. The molecular formula is C19H21ClN2O3. The average Bonchev–Trinajstić information content (AvgIpc) is 2.67. The van der Waals surface area contributed by atoms with Crippen molar-refractivity contribution < 1.29 is 14.3 Å². The standard InChI is InChI=1S/C19H21ClN2O3/c1-19(2,3)25-18(23)21-11-13-10-12-6-4-5-7-14(12)24-15-8-9-16(20)22-17(13)15/h4-9,13H,10-11H2,1-3H3,(H,21,23). The van der Waals surface area contributed by atoms with E-state index in [1.165, 1.54) is 0 Å².